The number of nitrogens with one attached hydrogen (secondary N) is 2. The van der Waals surface area contributed by atoms with Crippen LogP contribution in [0.4, 0.5) is 5.82 Å². The van der Waals surface area contributed by atoms with Gasteiger partial charge in [-0.3, -0.25) is 9.78 Å². The van der Waals surface area contributed by atoms with Crippen molar-refractivity contribution < 1.29 is 4.79 Å². The lowest BCUT2D eigenvalue weighted by molar-refractivity contribution is 0.0934. The van der Waals surface area contributed by atoms with Crippen molar-refractivity contribution in [2.45, 2.75) is 32.7 Å². The molecule has 0 bridgehead atoms. The molecule has 0 aliphatic rings. The average molecular weight is 426 g/mol. The molecule has 3 aromatic heterocycles. The molecule has 6 nitrogen and oxygen atoms in total. The monoisotopic (exact) mass is 425 g/mol. The molecule has 6 heteroatoms. The number of carbonyl (C=O) groups is 1. The van der Waals surface area contributed by atoms with E-state index in [-0.39, 0.29) is 11.9 Å². The number of fused-ring (bicyclic) bond motifs is 1. The summed E-state index contributed by atoms with van der Waals surface area (Å²) in [7, 11) is 0. The molecule has 1 amide bonds. The Labute approximate surface area is 187 Å². The Morgan fingerprint density at radius 2 is 1.94 bits per heavy atom. The number of amides is 1. The number of aromatic nitrogens is 3. The standard InChI is InChI=1S/C26H27N5O/c1-4-19(5-2)30-26(32)18-13-21(25(27)29-15-18)16(3)24-23(17-9-8-12-28-14-17)20-10-6-7-11-22(20)31-24/h6-15,19,31H,3-5H2,1-2H3,(H2,27,29)(H,30,32). The van der Waals surface area contributed by atoms with Crippen molar-refractivity contribution in [1.29, 1.82) is 0 Å². The number of carbonyl (C=O) groups excluding carboxylic acids is 1. The van der Waals surface area contributed by atoms with Crippen LogP contribution in [0, 0.1) is 0 Å². The van der Waals surface area contributed by atoms with E-state index in [4.69, 9.17) is 5.73 Å². The van der Waals surface area contributed by atoms with E-state index in [9.17, 15) is 4.79 Å². The molecule has 0 fully saturated rings. The molecule has 0 unspecified atom stereocenters. The first-order valence-electron chi connectivity index (χ1n) is 10.8. The summed E-state index contributed by atoms with van der Waals surface area (Å²) in [6.45, 7) is 8.44. The number of nitrogens with zero attached hydrogens (tertiary/aromatic N) is 2. The summed E-state index contributed by atoms with van der Waals surface area (Å²) in [5.74, 6) is 0.161. The van der Waals surface area contributed by atoms with Crippen molar-refractivity contribution in [2.75, 3.05) is 5.73 Å². The largest absolute Gasteiger partial charge is 0.383 e. The van der Waals surface area contributed by atoms with Gasteiger partial charge in [0.2, 0.25) is 0 Å². The van der Waals surface area contributed by atoms with Crippen molar-refractivity contribution in [2.24, 2.45) is 0 Å². The zero-order chi connectivity index (χ0) is 22.7. The Morgan fingerprint density at radius 3 is 2.66 bits per heavy atom. The Kier molecular flexibility index (Phi) is 6.03. The maximum Gasteiger partial charge on any atom is 0.253 e. The molecular formula is C26H27N5O. The number of benzene rings is 1. The second-order valence-electron chi connectivity index (χ2n) is 7.78. The van der Waals surface area contributed by atoms with Crippen LogP contribution in [0.25, 0.3) is 27.6 Å². The summed E-state index contributed by atoms with van der Waals surface area (Å²) in [6, 6.07) is 13.9. The zero-order valence-corrected chi connectivity index (χ0v) is 18.4. The van der Waals surface area contributed by atoms with Gasteiger partial charge in [-0.25, -0.2) is 4.98 Å². The van der Waals surface area contributed by atoms with E-state index in [1.54, 1.807) is 12.3 Å². The second kappa shape index (κ2) is 9.06. The molecule has 4 rings (SSSR count). The van der Waals surface area contributed by atoms with Crippen LogP contribution in [0.2, 0.25) is 0 Å². The lowest BCUT2D eigenvalue weighted by atomic mass is 9.96. The van der Waals surface area contributed by atoms with Crippen LogP contribution in [0.15, 0.2) is 67.6 Å². The fourth-order valence-corrected chi connectivity index (χ4v) is 3.92. The summed E-state index contributed by atoms with van der Waals surface area (Å²) in [5.41, 5.74) is 11.8. The van der Waals surface area contributed by atoms with E-state index in [0.717, 1.165) is 40.6 Å². The van der Waals surface area contributed by atoms with E-state index in [2.05, 4.69) is 46.8 Å². The minimum Gasteiger partial charge on any atom is -0.383 e. The van der Waals surface area contributed by atoms with Crippen molar-refractivity contribution in [1.82, 2.24) is 20.3 Å². The molecule has 0 saturated heterocycles. The molecule has 4 aromatic rings. The highest BCUT2D eigenvalue weighted by Crippen LogP contribution is 2.38. The predicted octanol–water partition coefficient (Wildman–Crippen LogP) is 5.19. The zero-order valence-electron chi connectivity index (χ0n) is 18.4. The lowest BCUT2D eigenvalue weighted by Crippen LogP contribution is -2.33. The van der Waals surface area contributed by atoms with Gasteiger partial charge in [0.15, 0.2) is 0 Å². The van der Waals surface area contributed by atoms with Gasteiger partial charge >= 0.3 is 0 Å². The van der Waals surface area contributed by atoms with Crippen LogP contribution < -0.4 is 11.1 Å². The first kappa shape index (κ1) is 21.3. The number of anilines is 1. The Hall–Kier alpha value is -3.93. The highest BCUT2D eigenvalue weighted by atomic mass is 16.1. The summed E-state index contributed by atoms with van der Waals surface area (Å²) < 4.78 is 0. The SMILES string of the molecule is C=C(c1cc(C(=O)NC(CC)CC)cnc1N)c1[nH]c2ccccc2c1-c1cccnc1. The Bertz CT molecular complexity index is 1270. The quantitative estimate of drug-likeness (QED) is 0.380. The van der Waals surface area contributed by atoms with Gasteiger partial charge in [-0.2, -0.15) is 0 Å². The minimum absolute atomic E-state index is 0.123. The molecule has 1 aromatic carbocycles. The number of para-hydroxylation sites is 1. The van der Waals surface area contributed by atoms with Gasteiger partial charge in [-0.1, -0.05) is 44.7 Å². The number of pyridine rings is 2. The van der Waals surface area contributed by atoms with Crippen LogP contribution in [0.3, 0.4) is 0 Å². The predicted molar refractivity (Wildman–Crippen MR) is 130 cm³/mol. The normalized spacial score (nSPS) is 11.1. The van der Waals surface area contributed by atoms with Crippen molar-refractivity contribution in [3.63, 3.8) is 0 Å². The van der Waals surface area contributed by atoms with Gasteiger partial charge in [0.1, 0.15) is 5.82 Å². The van der Waals surface area contributed by atoms with E-state index in [1.807, 2.05) is 36.5 Å². The molecule has 32 heavy (non-hydrogen) atoms. The van der Waals surface area contributed by atoms with E-state index in [1.165, 1.54) is 6.20 Å². The maximum atomic E-state index is 12.8. The molecule has 0 saturated carbocycles. The Morgan fingerprint density at radius 1 is 1.16 bits per heavy atom. The summed E-state index contributed by atoms with van der Waals surface area (Å²) in [4.78, 5) is 24.8. The van der Waals surface area contributed by atoms with Gasteiger partial charge in [-0.15, -0.1) is 0 Å². The average Bonchev–Trinajstić information content (AvgIpc) is 3.22. The van der Waals surface area contributed by atoms with E-state index < -0.39 is 0 Å². The number of aromatic amines is 1. The van der Waals surface area contributed by atoms with Gasteiger partial charge in [0, 0.05) is 57.8 Å². The van der Waals surface area contributed by atoms with Crippen LogP contribution in [0.5, 0.6) is 0 Å². The second-order valence-corrected chi connectivity index (χ2v) is 7.78. The van der Waals surface area contributed by atoms with Crippen LogP contribution >= 0.6 is 0 Å². The Balaban J connectivity index is 1.80. The third-order valence-corrected chi connectivity index (χ3v) is 5.78. The molecule has 4 N–H and O–H groups in total. The maximum absolute atomic E-state index is 12.8. The number of rotatable bonds is 7. The van der Waals surface area contributed by atoms with Gasteiger partial charge in [0.25, 0.3) is 5.91 Å². The van der Waals surface area contributed by atoms with Crippen LogP contribution in [-0.2, 0) is 0 Å². The van der Waals surface area contributed by atoms with Gasteiger partial charge in [0.05, 0.1) is 11.3 Å². The molecule has 162 valence electrons. The molecule has 0 aliphatic heterocycles. The molecule has 0 spiro atoms. The first-order valence-corrected chi connectivity index (χ1v) is 10.8. The minimum atomic E-state index is -0.163. The number of hydrogen-bond acceptors (Lipinski definition) is 4. The molecule has 0 atom stereocenters. The van der Waals surface area contributed by atoms with Crippen molar-refractivity contribution in [3.05, 3.63) is 84.5 Å². The van der Waals surface area contributed by atoms with E-state index in [0.29, 0.717) is 22.5 Å². The van der Waals surface area contributed by atoms with E-state index >= 15 is 0 Å². The third kappa shape index (κ3) is 3.99. The van der Waals surface area contributed by atoms with Crippen LogP contribution in [0.1, 0.15) is 48.3 Å². The molecule has 3 heterocycles. The third-order valence-electron chi connectivity index (χ3n) is 5.78. The van der Waals surface area contributed by atoms with Gasteiger partial charge in [-0.05, 0) is 31.0 Å². The number of hydrogen-bond donors (Lipinski definition) is 3. The topological polar surface area (TPSA) is 96.7 Å². The number of nitrogen functional groups attached to an aromatic ring is 1. The van der Waals surface area contributed by atoms with Gasteiger partial charge < -0.3 is 16.0 Å². The number of nitrogens with two attached hydrogens (primary N) is 1. The first-order chi connectivity index (χ1) is 15.5. The highest BCUT2D eigenvalue weighted by molar-refractivity contribution is 6.04. The molecule has 0 aliphatic carbocycles. The fourth-order valence-electron chi connectivity index (χ4n) is 3.92. The fraction of sp³-hybridized carbons (Fsp3) is 0.192. The van der Waals surface area contributed by atoms with Crippen molar-refractivity contribution in [3.8, 4) is 11.1 Å². The molecular weight excluding hydrogens is 398 g/mol. The van der Waals surface area contributed by atoms with Crippen molar-refractivity contribution >= 4 is 28.2 Å². The highest BCUT2D eigenvalue weighted by Gasteiger charge is 2.20. The summed E-state index contributed by atoms with van der Waals surface area (Å²) >= 11 is 0. The smallest absolute Gasteiger partial charge is 0.253 e. The molecule has 0 radical (unpaired) electrons. The number of H-pyrrole nitrogens is 1. The summed E-state index contributed by atoms with van der Waals surface area (Å²) in [5, 5.41) is 4.11. The lowest BCUT2D eigenvalue weighted by Gasteiger charge is -2.16. The summed E-state index contributed by atoms with van der Waals surface area (Å²) in [6.07, 6.45) is 6.82. The van der Waals surface area contributed by atoms with Crippen LogP contribution in [-0.4, -0.2) is 26.9 Å².